The largest absolute Gasteiger partial charge is 0.478 e. The number of aromatic carboxylic acids is 1. The van der Waals surface area contributed by atoms with Gasteiger partial charge in [-0.2, -0.15) is 0 Å². The Morgan fingerprint density at radius 1 is 1.24 bits per heavy atom. The summed E-state index contributed by atoms with van der Waals surface area (Å²) in [6.45, 7) is 4.97. The molecule has 0 aromatic heterocycles. The molecule has 0 unspecified atom stereocenters. The van der Waals surface area contributed by atoms with Gasteiger partial charge >= 0.3 is 5.97 Å². The third kappa shape index (κ3) is 4.08. The molecule has 0 atom stereocenters. The lowest BCUT2D eigenvalue weighted by molar-refractivity contribution is 0.0697. The van der Waals surface area contributed by atoms with Crippen LogP contribution >= 0.6 is 15.9 Å². The first kappa shape index (κ1) is 15.6. The van der Waals surface area contributed by atoms with Gasteiger partial charge in [0, 0.05) is 16.7 Å². The van der Waals surface area contributed by atoms with E-state index in [-0.39, 0.29) is 5.56 Å². The van der Waals surface area contributed by atoms with Crippen LogP contribution in [0.3, 0.4) is 0 Å². The number of carbonyl (C=O) groups is 1. The molecule has 0 aliphatic carbocycles. The van der Waals surface area contributed by atoms with E-state index in [1.54, 1.807) is 12.1 Å². The van der Waals surface area contributed by atoms with Crippen LogP contribution in [0.4, 0.5) is 5.69 Å². The number of hydrogen-bond donors (Lipinski definition) is 2. The number of carboxylic acids is 1. The summed E-state index contributed by atoms with van der Waals surface area (Å²) < 4.78 is 0.801. The monoisotopic (exact) mass is 347 g/mol. The lowest BCUT2D eigenvalue weighted by Crippen LogP contribution is -2.03. The van der Waals surface area contributed by atoms with Crippen molar-refractivity contribution < 1.29 is 9.90 Å². The van der Waals surface area contributed by atoms with Gasteiger partial charge in [-0.05, 0) is 41.3 Å². The van der Waals surface area contributed by atoms with Gasteiger partial charge in [-0.1, -0.05) is 48.0 Å². The Morgan fingerprint density at radius 2 is 2.00 bits per heavy atom. The van der Waals surface area contributed by atoms with Crippen molar-refractivity contribution in [3.05, 3.63) is 63.6 Å². The van der Waals surface area contributed by atoms with Crippen LogP contribution in [0.1, 0.15) is 41.3 Å². The second-order valence-corrected chi connectivity index (χ2v) is 6.10. The molecule has 0 radical (unpaired) electrons. The van der Waals surface area contributed by atoms with Crippen LogP contribution in [0.15, 0.2) is 46.9 Å². The molecular formula is C17H18BrNO2. The lowest BCUT2D eigenvalue weighted by atomic mass is 10.0. The highest BCUT2D eigenvalue weighted by Gasteiger charge is 2.07. The van der Waals surface area contributed by atoms with Crippen LogP contribution in [-0.2, 0) is 6.54 Å². The van der Waals surface area contributed by atoms with Crippen molar-refractivity contribution in [2.75, 3.05) is 5.32 Å². The maximum absolute atomic E-state index is 10.9. The highest BCUT2D eigenvalue weighted by molar-refractivity contribution is 9.10. The first-order valence-corrected chi connectivity index (χ1v) is 7.62. The van der Waals surface area contributed by atoms with Gasteiger partial charge < -0.3 is 10.4 Å². The molecule has 0 aliphatic rings. The smallest absolute Gasteiger partial charge is 0.335 e. The van der Waals surface area contributed by atoms with E-state index >= 15 is 0 Å². The summed E-state index contributed by atoms with van der Waals surface area (Å²) in [5.74, 6) is -0.423. The molecule has 0 aliphatic heterocycles. The summed E-state index contributed by atoms with van der Waals surface area (Å²) >= 11 is 3.42. The van der Waals surface area contributed by atoms with Crippen molar-refractivity contribution >= 4 is 27.6 Å². The quantitative estimate of drug-likeness (QED) is 0.809. The first-order valence-electron chi connectivity index (χ1n) is 6.83. The normalized spacial score (nSPS) is 10.7. The van der Waals surface area contributed by atoms with Crippen molar-refractivity contribution in [1.82, 2.24) is 0 Å². The molecule has 110 valence electrons. The third-order valence-corrected chi connectivity index (χ3v) is 4.07. The van der Waals surface area contributed by atoms with E-state index in [1.807, 2.05) is 18.2 Å². The Kier molecular flexibility index (Phi) is 5.02. The minimum absolute atomic E-state index is 0.285. The Hall–Kier alpha value is -1.81. The number of carboxylic acid groups (broad SMARTS) is 1. The van der Waals surface area contributed by atoms with Crippen LogP contribution in [-0.4, -0.2) is 11.1 Å². The summed E-state index contributed by atoms with van der Waals surface area (Å²) in [5.41, 5.74) is 3.66. The summed E-state index contributed by atoms with van der Waals surface area (Å²) in [4.78, 5) is 10.9. The van der Waals surface area contributed by atoms with Crippen molar-refractivity contribution in [2.45, 2.75) is 26.3 Å². The number of hydrogen-bond acceptors (Lipinski definition) is 2. The number of benzene rings is 2. The molecule has 4 heteroatoms. The van der Waals surface area contributed by atoms with Gasteiger partial charge in [-0.3, -0.25) is 0 Å². The van der Waals surface area contributed by atoms with Gasteiger partial charge in [0.25, 0.3) is 0 Å². The minimum Gasteiger partial charge on any atom is -0.478 e. The highest BCUT2D eigenvalue weighted by Crippen LogP contribution is 2.22. The Labute approximate surface area is 133 Å². The zero-order chi connectivity index (χ0) is 15.4. The number of rotatable bonds is 5. The van der Waals surface area contributed by atoms with Crippen LogP contribution in [0.2, 0.25) is 0 Å². The summed E-state index contributed by atoms with van der Waals surface area (Å²) in [7, 11) is 0. The maximum atomic E-state index is 10.9. The third-order valence-electron chi connectivity index (χ3n) is 3.34. The Bertz CT molecular complexity index is 653. The van der Waals surface area contributed by atoms with Gasteiger partial charge in [0.2, 0.25) is 0 Å². The van der Waals surface area contributed by atoms with Crippen LogP contribution in [0.25, 0.3) is 0 Å². The molecule has 0 saturated carbocycles. The Morgan fingerprint density at radius 3 is 2.62 bits per heavy atom. The molecule has 2 aromatic carbocycles. The molecule has 2 aromatic rings. The van der Waals surface area contributed by atoms with E-state index in [1.165, 1.54) is 5.56 Å². The topological polar surface area (TPSA) is 49.3 Å². The predicted octanol–water partition coefficient (Wildman–Crippen LogP) is 4.88. The molecular weight excluding hydrogens is 330 g/mol. The van der Waals surface area contributed by atoms with Crippen LogP contribution < -0.4 is 5.32 Å². The van der Waals surface area contributed by atoms with Crippen molar-refractivity contribution in [3.8, 4) is 0 Å². The van der Waals surface area contributed by atoms with Gasteiger partial charge in [-0.15, -0.1) is 0 Å². The lowest BCUT2D eigenvalue weighted by Gasteiger charge is -2.11. The Balaban J connectivity index is 2.09. The SMILES string of the molecule is CC(C)c1cccc(NCc2ccc(C(=O)O)cc2Br)c1. The van der Waals surface area contributed by atoms with Gasteiger partial charge in [-0.25, -0.2) is 4.79 Å². The number of nitrogens with one attached hydrogen (secondary N) is 1. The molecule has 3 nitrogen and oxygen atoms in total. The average Bonchev–Trinajstić information content (AvgIpc) is 2.46. The fourth-order valence-electron chi connectivity index (χ4n) is 2.03. The molecule has 2 N–H and O–H groups in total. The second kappa shape index (κ2) is 6.76. The van der Waals surface area contributed by atoms with Crippen molar-refractivity contribution in [2.24, 2.45) is 0 Å². The predicted molar refractivity (Wildman–Crippen MR) is 89.0 cm³/mol. The molecule has 0 spiro atoms. The molecule has 2 rings (SSSR count). The highest BCUT2D eigenvalue weighted by atomic mass is 79.9. The van der Waals surface area contributed by atoms with Gasteiger partial charge in [0.15, 0.2) is 0 Å². The standard InChI is InChI=1S/C17H18BrNO2/c1-11(2)12-4-3-5-15(8-12)19-10-14-7-6-13(17(20)21)9-16(14)18/h3-9,11,19H,10H2,1-2H3,(H,20,21). The van der Waals surface area contributed by atoms with Gasteiger partial charge in [0.05, 0.1) is 5.56 Å². The average molecular weight is 348 g/mol. The second-order valence-electron chi connectivity index (χ2n) is 5.25. The van der Waals surface area contributed by atoms with E-state index in [4.69, 9.17) is 5.11 Å². The fourth-order valence-corrected chi connectivity index (χ4v) is 2.55. The van der Waals surface area contributed by atoms with E-state index in [2.05, 4.69) is 47.2 Å². The minimum atomic E-state index is -0.917. The molecule has 0 fully saturated rings. The van der Waals surface area contributed by atoms with Crippen LogP contribution in [0, 0.1) is 0 Å². The maximum Gasteiger partial charge on any atom is 0.335 e. The molecule has 0 amide bonds. The molecule has 0 bridgehead atoms. The van der Waals surface area contributed by atoms with E-state index in [0.29, 0.717) is 12.5 Å². The van der Waals surface area contributed by atoms with Crippen LogP contribution in [0.5, 0.6) is 0 Å². The zero-order valence-corrected chi connectivity index (χ0v) is 13.6. The van der Waals surface area contributed by atoms with E-state index in [0.717, 1.165) is 15.7 Å². The molecule has 21 heavy (non-hydrogen) atoms. The summed E-state index contributed by atoms with van der Waals surface area (Å²) in [6.07, 6.45) is 0. The van der Waals surface area contributed by atoms with Crippen molar-refractivity contribution in [1.29, 1.82) is 0 Å². The summed E-state index contributed by atoms with van der Waals surface area (Å²) in [5, 5.41) is 12.3. The van der Waals surface area contributed by atoms with E-state index < -0.39 is 5.97 Å². The number of halogens is 1. The zero-order valence-electron chi connectivity index (χ0n) is 12.1. The fraction of sp³-hybridized carbons (Fsp3) is 0.235. The molecule has 0 saturated heterocycles. The first-order chi connectivity index (χ1) is 9.97. The number of anilines is 1. The molecule has 0 heterocycles. The summed E-state index contributed by atoms with van der Waals surface area (Å²) in [6, 6.07) is 13.4. The van der Waals surface area contributed by atoms with Gasteiger partial charge in [0.1, 0.15) is 0 Å². The van der Waals surface area contributed by atoms with Crippen molar-refractivity contribution in [3.63, 3.8) is 0 Å². The van der Waals surface area contributed by atoms with E-state index in [9.17, 15) is 4.79 Å².